The van der Waals surface area contributed by atoms with Crippen LogP contribution >= 0.6 is 0 Å². The molecule has 1 saturated carbocycles. The van der Waals surface area contributed by atoms with Gasteiger partial charge in [0.25, 0.3) is 0 Å². The molecule has 1 aliphatic carbocycles. The molecule has 0 aromatic heterocycles. The summed E-state index contributed by atoms with van der Waals surface area (Å²) in [6.07, 6.45) is 2.44. The number of rotatable bonds is 4. The van der Waals surface area contributed by atoms with Gasteiger partial charge in [-0.15, -0.1) is 0 Å². The zero-order valence-electron chi connectivity index (χ0n) is 10.2. The Morgan fingerprint density at radius 2 is 2.12 bits per heavy atom. The molecule has 1 aromatic carbocycles. The summed E-state index contributed by atoms with van der Waals surface area (Å²) in [4.78, 5) is 0. The summed E-state index contributed by atoms with van der Waals surface area (Å²) in [7, 11) is 1.71. The Kier molecular flexibility index (Phi) is 2.91. The number of hydrazine groups is 1. The molecular formula is C13H20N2O. The van der Waals surface area contributed by atoms with Crippen LogP contribution in [0, 0.1) is 12.3 Å². The maximum absolute atomic E-state index is 5.70. The lowest BCUT2D eigenvalue weighted by atomic mass is 9.91. The lowest BCUT2D eigenvalue weighted by molar-refractivity contribution is 0.346. The first kappa shape index (κ1) is 11.4. The van der Waals surface area contributed by atoms with Gasteiger partial charge in [0, 0.05) is 5.56 Å². The molecule has 0 spiro atoms. The van der Waals surface area contributed by atoms with Crippen molar-refractivity contribution in [2.45, 2.75) is 32.7 Å². The van der Waals surface area contributed by atoms with Crippen molar-refractivity contribution in [3.05, 3.63) is 29.3 Å². The third-order valence-electron chi connectivity index (χ3n) is 3.60. The maximum atomic E-state index is 5.70. The van der Waals surface area contributed by atoms with Gasteiger partial charge in [0.2, 0.25) is 0 Å². The number of aryl methyl sites for hydroxylation is 1. The second-order valence-electron chi connectivity index (χ2n) is 5.00. The van der Waals surface area contributed by atoms with Crippen molar-refractivity contribution in [1.82, 2.24) is 5.43 Å². The molecule has 3 nitrogen and oxygen atoms in total. The minimum Gasteiger partial charge on any atom is -0.496 e. The molecule has 1 aliphatic rings. The van der Waals surface area contributed by atoms with Gasteiger partial charge in [-0.05, 0) is 31.2 Å². The van der Waals surface area contributed by atoms with E-state index in [1.54, 1.807) is 7.11 Å². The van der Waals surface area contributed by atoms with Gasteiger partial charge >= 0.3 is 0 Å². The van der Waals surface area contributed by atoms with Crippen molar-refractivity contribution in [1.29, 1.82) is 0 Å². The largest absolute Gasteiger partial charge is 0.496 e. The number of methoxy groups -OCH3 is 1. The maximum Gasteiger partial charge on any atom is 0.123 e. The van der Waals surface area contributed by atoms with Gasteiger partial charge in [-0.25, -0.2) is 0 Å². The topological polar surface area (TPSA) is 47.3 Å². The Balaban J connectivity index is 2.40. The third kappa shape index (κ3) is 1.93. The molecule has 0 heterocycles. The van der Waals surface area contributed by atoms with Crippen LogP contribution in [-0.4, -0.2) is 7.11 Å². The summed E-state index contributed by atoms with van der Waals surface area (Å²) in [5.74, 6) is 6.62. The smallest absolute Gasteiger partial charge is 0.123 e. The van der Waals surface area contributed by atoms with Crippen LogP contribution in [0.2, 0.25) is 0 Å². The van der Waals surface area contributed by atoms with Crippen LogP contribution in [0.25, 0.3) is 0 Å². The predicted octanol–water partition coefficient (Wildman–Crippen LogP) is 2.31. The fourth-order valence-corrected chi connectivity index (χ4v) is 2.23. The molecule has 2 rings (SSSR count). The van der Waals surface area contributed by atoms with Crippen molar-refractivity contribution in [3.8, 4) is 5.75 Å². The lowest BCUT2D eigenvalue weighted by Gasteiger charge is -2.25. The van der Waals surface area contributed by atoms with Crippen LogP contribution in [0.3, 0.4) is 0 Å². The molecule has 16 heavy (non-hydrogen) atoms. The van der Waals surface area contributed by atoms with E-state index in [1.807, 2.05) is 6.07 Å². The zero-order valence-corrected chi connectivity index (χ0v) is 10.2. The fourth-order valence-electron chi connectivity index (χ4n) is 2.23. The number of hydrogen-bond donors (Lipinski definition) is 2. The lowest BCUT2D eigenvalue weighted by Crippen LogP contribution is -2.33. The summed E-state index contributed by atoms with van der Waals surface area (Å²) >= 11 is 0. The van der Waals surface area contributed by atoms with E-state index in [2.05, 4.69) is 31.4 Å². The first-order valence-corrected chi connectivity index (χ1v) is 5.71. The normalized spacial score (nSPS) is 19.2. The Morgan fingerprint density at radius 3 is 2.62 bits per heavy atom. The molecule has 0 bridgehead atoms. The highest BCUT2D eigenvalue weighted by molar-refractivity contribution is 5.40. The SMILES string of the molecule is COc1ccc(C)cc1C(NN)C1(C)CC1. The van der Waals surface area contributed by atoms with E-state index in [0.717, 1.165) is 5.75 Å². The van der Waals surface area contributed by atoms with E-state index in [-0.39, 0.29) is 11.5 Å². The number of benzene rings is 1. The third-order valence-corrected chi connectivity index (χ3v) is 3.60. The molecule has 1 aromatic rings. The van der Waals surface area contributed by atoms with Crippen molar-refractivity contribution < 1.29 is 4.74 Å². The van der Waals surface area contributed by atoms with Gasteiger partial charge < -0.3 is 4.74 Å². The molecule has 88 valence electrons. The van der Waals surface area contributed by atoms with Crippen LogP contribution < -0.4 is 16.0 Å². The summed E-state index contributed by atoms with van der Waals surface area (Å²) in [6, 6.07) is 6.42. The number of hydrogen-bond acceptors (Lipinski definition) is 3. The van der Waals surface area contributed by atoms with Gasteiger partial charge in [0.1, 0.15) is 5.75 Å². The second kappa shape index (κ2) is 4.07. The Bertz CT molecular complexity index is 386. The van der Waals surface area contributed by atoms with E-state index in [0.29, 0.717) is 0 Å². The average molecular weight is 220 g/mol. The standard InChI is InChI=1S/C13H20N2O/c1-9-4-5-11(16-3)10(8-9)12(15-14)13(2)6-7-13/h4-5,8,12,15H,6-7,14H2,1-3H3. The monoisotopic (exact) mass is 220 g/mol. The quantitative estimate of drug-likeness (QED) is 0.604. The Morgan fingerprint density at radius 1 is 1.44 bits per heavy atom. The number of nitrogens with one attached hydrogen (secondary N) is 1. The van der Waals surface area contributed by atoms with Crippen LogP contribution in [0.4, 0.5) is 0 Å². The first-order chi connectivity index (χ1) is 7.60. The molecular weight excluding hydrogens is 200 g/mol. The highest BCUT2D eigenvalue weighted by Crippen LogP contribution is 2.55. The molecule has 1 atom stereocenters. The van der Waals surface area contributed by atoms with E-state index in [4.69, 9.17) is 10.6 Å². The average Bonchev–Trinajstić information content (AvgIpc) is 2.98. The van der Waals surface area contributed by atoms with Crippen LogP contribution in [0.1, 0.15) is 36.9 Å². The number of ether oxygens (including phenoxy) is 1. The molecule has 3 N–H and O–H groups in total. The first-order valence-electron chi connectivity index (χ1n) is 5.71. The summed E-state index contributed by atoms with van der Waals surface area (Å²) in [6.45, 7) is 4.35. The molecule has 0 radical (unpaired) electrons. The summed E-state index contributed by atoms with van der Waals surface area (Å²) in [5.41, 5.74) is 5.64. The fraction of sp³-hybridized carbons (Fsp3) is 0.538. The van der Waals surface area contributed by atoms with Gasteiger partial charge in [0.05, 0.1) is 13.2 Å². The highest BCUT2D eigenvalue weighted by Gasteiger charge is 2.46. The van der Waals surface area contributed by atoms with Gasteiger partial charge in [0.15, 0.2) is 0 Å². The summed E-state index contributed by atoms with van der Waals surface area (Å²) in [5, 5.41) is 0. The summed E-state index contributed by atoms with van der Waals surface area (Å²) < 4.78 is 5.41. The predicted molar refractivity (Wildman–Crippen MR) is 65.1 cm³/mol. The minimum absolute atomic E-state index is 0.183. The second-order valence-corrected chi connectivity index (χ2v) is 5.00. The Labute approximate surface area is 97.0 Å². The van der Waals surface area contributed by atoms with Gasteiger partial charge in [-0.2, -0.15) is 0 Å². The van der Waals surface area contributed by atoms with Crippen molar-refractivity contribution >= 4 is 0 Å². The van der Waals surface area contributed by atoms with Crippen LogP contribution in [0.5, 0.6) is 5.75 Å². The van der Waals surface area contributed by atoms with Gasteiger partial charge in [-0.1, -0.05) is 24.6 Å². The highest BCUT2D eigenvalue weighted by atomic mass is 16.5. The Hall–Kier alpha value is -1.06. The molecule has 1 fully saturated rings. The van der Waals surface area contributed by atoms with Crippen molar-refractivity contribution in [2.24, 2.45) is 11.3 Å². The number of nitrogens with two attached hydrogens (primary N) is 1. The van der Waals surface area contributed by atoms with E-state index < -0.39 is 0 Å². The van der Waals surface area contributed by atoms with E-state index in [1.165, 1.54) is 24.0 Å². The van der Waals surface area contributed by atoms with Crippen molar-refractivity contribution in [3.63, 3.8) is 0 Å². The molecule has 1 unspecified atom stereocenters. The van der Waals surface area contributed by atoms with Gasteiger partial charge in [-0.3, -0.25) is 11.3 Å². The zero-order chi connectivity index (χ0) is 11.8. The molecule has 0 aliphatic heterocycles. The molecule has 0 saturated heterocycles. The van der Waals surface area contributed by atoms with Crippen LogP contribution in [-0.2, 0) is 0 Å². The van der Waals surface area contributed by atoms with E-state index >= 15 is 0 Å². The van der Waals surface area contributed by atoms with Crippen LogP contribution in [0.15, 0.2) is 18.2 Å². The minimum atomic E-state index is 0.183. The van der Waals surface area contributed by atoms with E-state index in [9.17, 15) is 0 Å². The van der Waals surface area contributed by atoms with Crippen molar-refractivity contribution in [2.75, 3.05) is 7.11 Å². The molecule has 0 amide bonds. The molecule has 3 heteroatoms.